The Balaban J connectivity index is 1.08. The third kappa shape index (κ3) is 5.43. The van der Waals surface area contributed by atoms with Crippen LogP contribution in [0.15, 0.2) is 243 Å². The van der Waals surface area contributed by atoms with Gasteiger partial charge in [-0.3, -0.25) is 0 Å². The molecule has 10 aromatic carbocycles. The fourth-order valence-corrected chi connectivity index (χ4v) is 12.6. The van der Waals surface area contributed by atoms with Crippen LogP contribution in [0.1, 0.15) is 44.2 Å². The highest BCUT2D eigenvalue weighted by Crippen LogP contribution is 2.68. The van der Waals surface area contributed by atoms with Crippen LogP contribution in [-0.2, 0) is 5.41 Å². The van der Waals surface area contributed by atoms with E-state index in [9.17, 15) is 0 Å². The Bertz CT molecular complexity index is 3510. The first-order valence-electron chi connectivity index (χ1n) is 22.2. The maximum Gasteiger partial charge on any atom is 0.0823 e. The molecule has 0 saturated carbocycles. The predicted molar refractivity (Wildman–Crippen MR) is 270 cm³/mol. The minimum atomic E-state index is -0.560. The van der Waals surface area contributed by atoms with Gasteiger partial charge in [0, 0.05) is 43.5 Å². The van der Waals surface area contributed by atoms with Crippen molar-refractivity contribution in [1.29, 1.82) is 0 Å². The lowest BCUT2D eigenvalue weighted by Gasteiger charge is -2.34. The molecule has 0 N–H and O–H groups in total. The van der Waals surface area contributed by atoms with Crippen molar-refractivity contribution in [3.05, 3.63) is 281 Å². The van der Waals surface area contributed by atoms with Crippen LogP contribution in [0.25, 0.3) is 54.2 Å². The second-order valence-corrected chi connectivity index (χ2v) is 18.1. The Hall–Kier alpha value is -7.78. The number of thiophene rings is 1. The zero-order valence-electron chi connectivity index (χ0n) is 35.0. The number of nitrogens with zero attached hydrogens (tertiary/aromatic N) is 1. The van der Waals surface area contributed by atoms with Gasteiger partial charge >= 0.3 is 0 Å². The van der Waals surface area contributed by atoms with E-state index < -0.39 is 5.41 Å². The number of fused-ring (bicyclic) bond motifs is 13. The summed E-state index contributed by atoms with van der Waals surface area (Å²) in [6.07, 6.45) is 0. The van der Waals surface area contributed by atoms with E-state index in [1.807, 2.05) is 11.3 Å². The molecular formula is C62H41NS. The van der Waals surface area contributed by atoms with Crippen molar-refractivity contribution in [3.63, 3.8) is 0 Å². The molecule has 300 valence electrons. The number of rotatable bonds is 7. The molecular weight excluding hydrogens is 791 g/mol. The standard InChI is InChI=1S/C62H41NS/c1-4-19-43(20-5-1)58(44-21-6-2-7-22-44)53-30-17-31-54-59-52-28-13-15-33-57(52)64-61(59)62(60(53)54)55-32-14-12-27-50(55)51-39-38-47(40-56(51)62)63(45-24-8-3-9-25-45)46-36-34-42(35-37-46)49-29-16-23-41-18-10-11-26-48(41)49/h1-40,58H. The summed E-state index contributed by atoms with van der Waals surface area (Å²) in [6, 6.07) is 90.2. The minimum Gasteiger partial charge on any atom is -0.310 e. The molecule has 13 rings (SSSR count). The van der Waals surface area contributed by atoms with Crippen molar-refractivity contribution in [2.45, 2.75) is 11.3 Å². The summed E-state index contributed by atoms with van der Waals surface area (Å²) in [7, 11) is 0. The van der Waals surface area contributed by atoms with Crippen LogP contribution in [0, 0.1) is 0 Å². The van der Waals surface area contributed by atoms with Crippen molar-refractivity contribution >= 4 is 49.3 Å². The number of hydrogen-bond donors (Lipinski definition) is 0. The van der Waals surface area contributed by atoms with Crippen molar-refractivity contribution in [3.8, 4) is 33.4 Å². The molecule has 64 heavy (non-hydrogen) atoms. The first-order chi connectivity index (χ1) is 31.8. The number of anilines is 3. The minimum absolute atomic E-state index is 0.0231. The molecule has 1 unspecified atom stereocenters. The van der Waals surface area contributed by atoms with Crippen molar-refractivity contribution in [2.24, 2.45) is 0 Å². The SMILES string of the molecule is c1ccc(C(c2ccccc2)c2cccc3c2C2(c4ccccc4-c4ccc(N(c5ccccc5)c5ccc(-c6cccc7ccccc67)cc5)cc42)c2sc4ccccc4c2-3)cc1. The molecule has 0 aliphatic heterocycles. The van der Waals surface area contributed by atoms with Gasteiger partial charge < -0.3 is 4.90 Å². The van der Waals surface area contributed by atoms with Crippen LogP contribution < -0.4 is 4.90 Å². The Labute approximate surface area is 377 Å². The van der Waals surface area contributed by atoms with Crippen LogP contribution in [-0.4, -0.2) is 0 Å². The molecule has 0 saturated heterocycles. The van der Waals surface area contributed by atoms with Gasteiger partial charge in [0.2, 0.25) is 0 Å². The lowest BCUT2D eigenvalue weighted by molar-refractivity contribution is 0.784. The van der Waals surface area contributed by atoms with Crippen molar-refractivity contribution in [2.75, 3.05) is 4.90 Å². The Morgan fingerprint density at radius 1 is 0.391 bits per heavy atom. The van der Waals surface area contributed by atoms with E-state index in [1.54, 1.807) is 0 Å². The number of benzene rings is 10. The molecule has 11 aromatic rings. The van der Waals surface area contributed by atoms with Crippen LogP contribution in [0.5, 0.6) is 0 Å². The van der Waals surface area contributed by atoms with E-state index in [2.05, 4.69) is 248 Å². The van der Waals surface area contributed by atoms with Gasteiger partial charge in [0.25, 0.3) is 0 Å². The normalized spacial score (nSPS) is 14.5. The fourth-order valence-electron chi connectivity index (χ4n) is 11.2. The summed E-state index contributed by atoms with van der Waals surface area (Å²) in [4.78, 5) is 3.85. The molecule has 1 spiro atoms. The van der Waals surface area contributed by atoms with Gasteiger partial charge in [-0.05, 0) is 114 Å². The molecule has 0 amide bonds. The number of para-hydroxylation sites is 1. The third-order valence-corrected chi connectivity index (χ3v) is 15.1. The van der Waals surface area contributed by atoms with Gasteiger partial charge in [0.15, 0.2) is 0 Å². The van der Waals surface area contributed by atoms with Gasteiger partial charge in [-0.15, -0.1) is 11.3 Å². The highest BCUT2D eigenvalue weighted by atomic mass is 32.1. The van der Waals surface area contributed by atoms with Crippen LogP contribution in [0.3, 0.4) is 0 Å². The molecule has 1 nitrogen and oxygen atoms in total. The average Bonchev–Trinajstić information content (AvgIpc) is 3.99. The smallest absolute Gasteiger partial charge is 0.0823 e. The molecule has 1 aromatic heterocycles. The third-order valence-electron chi connectivity index (χ3n) is 13.8. The van der Waals surface area contributed by atoms with Gasteiger partial charge in [-0.2, -0.15) is 0 Å². The van der Waals surface area contributed by atoms with Gasteiger partial charge in [-0.25, -0.2) is 0 Å². The van der Waals surface area contributed by atoms with E-state index in [-0.39, 0.29) is 5.92 Å². The summed E-state index contributed by atoms with van der Waals surface area (Å²) < 4.78 is 1.32. The Kier molecular flexibility index (Phi) is 8.44. The van der Waals surface area contributed by atoms with Crippen LogP contribution in [0.2, 0.25) is 0 Å². The van der Waals surface area contributed by atoms with Crippen molar-refractivity contribution < 1.29 is 0 Å². The molecule has 0 radical (unpaired) electrons. The van der Waals surface area contributed by atoms with E-state index in [0.717, 1.165) is 17.1 Å². The predicted octanol–water partition coefficient (Wildman–Crippen LogP) is 16.7. The summed E-state index contributed by atoms with van der Waals surface area (Å²) in [6.45, 7) is 0. The first-order valence-corrected chi connectivity index (χ1v) is 23.0. The van der Waals surface area contributed by atoms with E-state index in [4.69, 9.17) is 0 Å². The second-order valence-electron chi connectivity index (χ2n) is 17.1. The summed E-state index contributed by atoms with van der Waals surface area (Å²) in [5, 5.41) is 3.84. The average molecular weight is 832 g/mol. The molecule has 0 fully saturated rings. The second kappa shape index (κ2) is 14.7. The van der Waals surface area contributed by atoms with E-state index in [0.29, 0.717) is 0 Å². The Morgan fingerprint density at radius 3 is 1.73 bits per heavy atom. The zero-order chi connectivity index (χ0) is 42.2. The summed E-state index contributed by atoms with van der Waals surface area (Å²) in [5.74, 6) is 0.0231. The van der Waals surface area contributed by atoms with Crippen LogP contribution in [0.4, 0.5) is 17.1 Å². The van der Waals surface area contributed by atoms with E-state index in [1.165, 1.54) is 92.5 Å². The van der Waals surface area contributed by atoms with Crippen molar-refractivity contribution in [1.82, 2.24) is 0 Å². The Morgan fingerprint density at radius 2 is 0.953 bits per heavy atom. The zero-order valence-corrected chi connectivity index (χ0v) is 35.8. The van der Waals surface area contributed by atoms with Crippen LogP contribution >= 0.6 is 11.3 Å². The van der Waals surface area contributed by atoms with Gasteiger partial charge in [0.1, 0.15) is 0 Å². The summed E-state index contributed by atoms with van der Waals surface area (Å²) in [5.41, 5.74) is 18.6. The van der Waals surface area contributed by atoms with Gasteiger partial charge in [0.05, 0.1) is 5.41 Å². The molecule has 2 aliphatic rings. The van der Waals surface area contributed by atoms with E-state index >= 15 is 0 Å². The molecule has 0 bridgehead atoms. The lowest BCUT2D eigenvalue weighted by Crippen LogP contribution is -2.27. The maximum atomic E-state index is 2.53. The largest absolute Gasteiger partial charge is 0.310 e. The molecule has 2 aliphatic carbocycles. The van der Waals surface area contributed by atoms with Gasteiger partial charge in [-0.1, -0.05) is 200 Å². The molecule has 1 heterocycles. The fraction of sp³-hybridized carbons (Fsp3) is 0.0323. The monoisotopic (exact) mass is 831 g/mol. The lowest BCUT2D eigenvalue weighted by atomic mass is 9.69. The topological polar surface area (TPSA) is 3.24 Å². The first kappa shape index (κ1) is 36.8. The molecule has 1 atom stereocenters. The summed E-state index contributed by atoms with van der Waals surface area (Å²) >= 11 is 1.97. The molecule has 2 heteroatoms. The quantitative estimate of drug-likeness (QED) is 0.145. The highest BCUT2D eigenvalue weighted by molar-refractivity contribution is 7.20. The number of hydrogen-bond acceptors (Lipinski definition) is 2. The maximum absolute atomic E-state index is 2.53. The highest BCUT2D eigenvalue weighted by Gasteiger charge is 2.55.